The summed E-state index contributed by atoms with van der Waals surface area (Å²) in [7, 11) is 0. The van der Waals surface area contributed by atoms with Gasteiger partial charge in [0.2, 0.25) is 0 Å². The standard InChI is InChI=1S/C15H19N3OS2/c1-12-16-14(11-21-12)15(19)18-8-6-17(7-9-18)5-4-13-3-2-10-20-13/h2-3,10-11H,4-9H2,1H3. The van der Waals surface area contributed by atoms with E-state index in [9.17, 15) is 4.79 Å². The summed E-state index contributed by atoms with van der Waals surface area (Å²) in [6.07, 6.45) is 1.11. The van der Waals surface area contributed by atoms with Crippen molar-refractivity contribution in [1.29, 1.82) is 0 Å². The van der Waals surface area contributed by atoms with Crippen molar-refractivity contribution in [2.45, 2.75) is 13.3 Å². The molecule has 0 unspecified atom stereocenters. The Hall–Kier alpha value is -1.24. The lowest BCUT2D eigenvalue weighted by Gasteiger charge is -2.34. The van der Waals surface area contributed by atoms with Crippen molar-refractivity contribution in [3.8, 4) is 0 Å². The van der Waals surface area contributed by atoms with Gasteiger partial charge in [-0.2, -0.15) is 0 Å². The van der Waals surface area contributed by atoms with E-state index in [0.717, 1.165) is 44.2 Å². The minimum absolute atomic E-state index is 0.0808. The van der Waals surface area contributed by atoms with E-state index in [-0.39, 0.29) is 5.91 Å². The second kappa shape index (κ2) is 6.68. The highest BCUT2D eigenvalue weighted by Gasteiger charge is 2.23. The molecule has 1 amide bonds. The lowest BCUT2D eigenvalue weighted by atomic mass is 10.2. The molecule has 0 radical (unpaired) electrons. The number of rotatable bonds is 4. The van der Waals surface area contributed by atoms with Gasteiger partial charge in [-0.3, -0.25) is 9.69 Å². The zero-order chi connectivity index (χ0) is 14.7. The molecule has 3 rings (SSSR count). The van der Waals surface area contributed by atoms with Crippen LogP contribution >= 0.6 is 22.7 Å². The van der Waals surface area contributed by atoms with Crippen molar-refractivity contribution >= 4 is 28.6 Å². The van der Waals surface area contributed by atoms with Crippen LogP contribution in [0.15, 0.2) is 22.9 Å². The Balaban J connectivity index is 1.47. The normalized spacial score (nSPS) is 16.3. The van der Waals surface area contributed by atoms with Crippen LogP contribution in [0.2, 0.25) is 0 Å². The summed E-state index contributed by atoms with van der Waals surface area (Å²) < 4.78 is 0. The van der Waals surface area contributed by atoms with E-state index in [1.807, 2.05) is 28.5 Å². The lowest BCUT2D eigenvalue weighted by molar-refractivity contribution is 0.0633. The van der Waals surface area contributed by atoms with Crippen LogP contribution in [0, 0.1) is 6.92 Å². The van der Waals surface area contributed by atoms with E-state index in [1.54, 1.807) is 0 Å². The van der Waals surface area contributed by atoms with Crippen molar-refractivity contribution < 1.29 is 4.79 Å². The molecule has 21 heavy (non-hydrogen) atoms. The average molecular weight is 321 g/mol. The molecule has 0 saturated carbocycles. The number of aryl methyl sites for hydroxylation is 1. The average Bonchev–Trinajstić information content (AvgIpc) is 3.16. The molecule has 0 N–H and O–H groups in total. The minimum atomic E-state index is 0.0808. The van der Waals surface area contributed by atoms with Crippen molar-refractivity contribution in [2.24, 2.45) is 0 Å². The van der Waals surface area contributed by atoms with E-state index < -0.39 is 0 Å². The zero-order valence-corrected chi connectivity index (χ0v) is 13.8. The molecule has 1 saturated heterocycles. The monoisotopic (exact) mass is 321 g/mol. The van der Waals surface area contributed by atoms with Gasteiger partial charge >= 0.3 is 0 Å². The molecule has 6 heteroatoms. The van der Waals surface area contributed by atoms with Gasteiger partial charge in [0, 0.05) is 43.0 Å². The first-order valence-corrected chi connectivity index (χ1v) is 8.94. The van der Waals surface area contributed by atoms with Crippen LogP contribution in [-0.2, 0) is 6.42 Å². The highest BCUT2D eigenvalue weighted by atomic mass is 32.1. The van der Waals surface area contributed by atoms with E-state index >= 15 is 0 Å². The Bertz CT molecular complexity index is 586. The molecule has 1 aliphatic rings. The van der Waals surface area contributed by atoms with Crippen molar-refractivity contribution in [2.75, 3.05) is 32.7 Å². The van der Waals surface area contributed by atoms with Crippen LogP contribution in [0.3, 0.4) is 0 Å². The van der Waals surface area contributed by atoms with Crippen LogP contribution in [0.5, 0.6) is 0 Å². The fraction of sp³-hybridized carbons (Fsp3) is 0.467. The smallest absolute Gasteiger partial charge is 0.273 e. The first-order valence-electron chi connectivity index (χ1n) is 7.18. The maximum atomic E-state index is 12.3. The van der Waals surface area contributed by atoms with Gasteiger partial charge in [-0.05, 0) is 24.8 Å². The van der Waals surface area contributed by atoms with E-state index in [1.165, 1.54) is 16.2 Å². The Morgan fingerprint density at radius 3 is 2.71 bits per heavy atom. The second-order valence-corrected chi connectivity index (χ2v) is 7.31. The van der Waals surface area contributed by atoms with Crippen LogP contribution in [0.1, 0.15) is 20.4 Å². The molecular formula is C15H19N3OS2. The van der Waals surface area contributed by atoms with Crippen molar-refractivity contribution in [3.63, 3.8) is 0 Å². The van der Waals surface area contributed by atoms with Crippen LogP contribution < -0.4 is 0 Å². The van der Waals surface area contributed by atoms with Crippen molar-refractivity contribution in [3.05, 3.63) is 38.5 Å². The first kappa shape index (κ1) is 14.7. The highest BCUT2D eigenvalue weighted by molar-refractivity contribution is 7.10. The number of carbonyl (C=O) groups is 1. The SMILES string of the molecule is Cc1nc(C(=O)N2CCN(CCc3cccs3)CC2)cs1. The van der Waals surface area contributed by atoms with Gasteiger partial charge in [-0.1, -0.05) is 6.07 Å². The third-order valence-electron chi connectivity index (χ3n) is 3.75. The summed E-state index contributed by atoms with van der Waals surface area (Å²) in [5, 5.41) is 4.94. The molecule has 2 aromatic rings. The Morgan fingerprint density at radius 2 is 2.10 bits per heavy atom. The number of hydrogen-bond acceptors (Lipinski definition) is 5. The zero-order valence-electron chi connectivity index (χ0n) is 12.1. The minimum Gasteiger partial charge on any atom is -0.335 e. The number of hydrogen-bond donors (Lipinski definition) is 0. The van der Waals surface area contributed by atoms with Gasteiger partial charge in [0.1, 0.15) is 5.69 Å². The summed E-state index contributed by atoms with van der Waals surface area (Å²) in [5.41, 5.74) is 0.601. The largest absolute Gasteiger partial charge is 0.335 e. The number of nitrogens with zero attached hydrogens (tertiary/aromatic N) is 3. The van der Waals surface area contributed by atoms with E-state index in [2.05, 4.69) is 27.4 Å². The molecule has 112 valence electrons. The Kier molecular flexibility index (Phi) is 4.67. The maximum absolute atomic E-state index is 12.3. The van der Waals surface area contributed by atoms with Crippen molar-refractivity contribution in [1.82, 2.24) is 14.8 Å². The van der Waals surface area contributed by atoms with Crippen LogP contribution in [-0.4, -0.2) is 53.4 Å². The predicted octanol–water partition coefficient (Wildman–Crippen LogP) is 2.51. The second-order valence-electron chi connectivity index (χ2n) is 5.21. The van der Waals surface area contributed by atoms with Crippen LogP contribution in [0.25, 0.3) is 0 Å². The number of thiazole rings is 1. The summed E-state index contributed by atoms with van der Waals surface area (Å²) in [6, 6.07) is 4.29. The van der Waals surface area contributed by atoms with Gasteiger partial charge in [0.25, 0.3) is 5.91 Å². The van der Waals surface area contributed by atoms with Crippen LogP contribution in [0.4, 0.5) is 0 Å². The Labute approximate surface area is 133 Å². The predicted molar refractivity (Wildman–Crippen MR) is 87.2 cm³/mol. The molecule has 0 spiro atoms. The fourth-order valence-electron chi connectivity index (χ4n) is 2.52. The topological polar surface area (TPSA) is 36.4 Å². The van der Waals surface area contributed by atoms with E-state index in [4.69, 9.17) is 0 Å². The van der Waals surface area contributed by atoms with Gasteiger partial charge < -0.3 is 4.90 Å². The summed E-state index contributed by atoms with van der Waals surface area (Å²) in [4.78, 5) is 22.4. The lowest BCUT2D eigenvalue weighted by Crippen LogP contribution is -2.49. The Morgan fingerprint density at radius 1 is 1.29 bits per heavy atom. The summed E-state index contributed by atoms with van der Waals surface area (Å²) in [5.74, 6) is 0.0808. The molecule has 1 aliphatic heterocycles. The number of amides is 1. The summed E-state index contributed by atoms with van der Waals surface area (Å²) in [6.45, 7) is 6.54. The quantitative estimate of drug-likeness (QED) is 0.868. The molecule has 4 nitrogen and oxygen atoms in total. The van der Waals surface area contributed by atoms with Gasteiger partial charge in [-0.25, -0.2) is 4.98 Å². The third kappa shape index (κ3) is 3.70. The maximum Gasteiger partial charge on any atom is 0.273 e. The molecule has 0 bridgehead atoms. The summed E-state index contributed by atoms with van der Waals surface area (Å²) >= 11 is 3.35. The van der Waals surface area contributed by atoms with Gasteiger partial charge in [-0.15, -0.1) is 22.7 Å². The molecule has 0 aliphatic carbocycles. The molecule has 2 aromatic heterocycles. The molecule has 3 heterocycles. The molecule has 1 fully saturated rings. The highest BCUT2D eigenvalue weighted by Crippen LogP contribution is 2.14. The van der Waals surface area contributed by atoms with Gasteiger partial charge in [0.05, 0.1) is 5.01 Å². The molecule has 0 atom stereocenters. The fourth-order valence-corrected chi connectivity index (χ4v) is 3.81. The number of thiophene rings is 1. The third-order valence-corrected chi connectivity index (χ3v) is 5.46. The molecule has 0 aromatic carbocycles. The van der Waals surface area contributed by atoms with Gasteiger partial charge in [0.15, 0.2) is 0 Å². The first-order chi connectivity index (χ1) is 10.2. The number of aromatic nitrogens is 1. The number of carbonyl (C=O) groups excluding carboxylic acids is 1. The molecular weight excluding hydrogens is 302 g/mol. The number of piperazine rings is 1. The van der Waals surface area contributed by atoms with E-state index in [0.29, 0.717) is 5.69 Å².